The van der Waals surface area contributed by atoms with E-state index in [4.69, 9.17) is 4.74 Å². The van der Waals surface area contributed by atoms with Crippen molar-refractivity contribution in [2.24, 2.45) is 0 Å². The van der Waals surface area contributed by atoms with Crippen molar-refractivity contribution < 1.29 is 9.53 Å². The molecule has 144 valence electrons. The van der Waals surface area contributed by atoms with Gasteiger partial charge in [0.15, 0.2) is 6.61 Å². The third kappa shape index (κ3) is 5.12. The number of amides is 1. The van der Waals surface area contributed by atoms with Crippen molar-refractivity contribution in [3.63, 3.8) is 0 Å². The van der Waals surface area contributed by atoms with Crippen LogP contribution < -0.4 is 10.1 Å². The topological polar surface area (TPSA) is 38.3 Å². The summed E-state index contributed by atoms with van der Waals surface area (Å²) >= 11 is 0. The molecule has 0 aromatic heterocycles. The van der Waals surface area contributed by atoms with Gasteiger partial charge in [0.2, 0.25) is 0 Å². The summed E-state index contributed by atoms with van der Waals surface area (Å²) < 4.78 is 5.65. The smallest absolute Gasteiger partial charge is 0.258 e. The van der Waals surface area contributed by atoms with Crippen LogP contribution in [-0.2, 0) is 23.1 Å². The molecule has 0 spiro atoms. The third-order valence-electron chi connectivity index (χ3n) is 5.34. The predicted octanol–water partition coefficient (Wildman–Crippen LogP) is 5.12. The Morgan fingerprint density at radius 3 is 2.37 bits per heavy atom. The Morgan fingerprint density at radius 1 is 1.04 bits per heavy atom. The first kappa shape index (κ1) is 19.5. The zero-order valence-corrected chi connectivity index (χ0v) is 17.0. The number of fused-ring (bicyclic) bond motifs is 1. The lowest BCUT2D eigenvalue weighted by Gasteiger charge is -2.20. The minimum atomic E-state index is -0.0971. The Hall–Kier alpha value is -2.29. The molecule has 0 bridgehead atoms. The molecular formula is C24H31NO2. The minimum Gasteiger partial charge on any atom is -0.484 e. The Labute approximate surface area is 163 Å². The van der Waals surface area contributed by atoms with Gasteiger partial charge in [0.1, 0.15) is 5.75 Å². The number of hydrogen-bond acceptors (Lipinski definition) is 2. The molecule has 0 saturated heterocycles. The normalized spacial score (nSPS) is 15.0. The second-order valence-corrected chi connectivity index (χ2v) is 8.59. The molecule has 1 aliphatic carbocycles. The van der Waals surface area contributed by atoms with Crippen molar-refractivity contribution in [1.82, 2.24) is 5.32 Å². The molecule has 2 aromatic rings. The van der Waals surface area contributed by atoms with Gasteiger partial charge >= 0.3 is 0 Å². The van der Waals surface area contributed by atoms with Crippen LogP contribution in [0.1, 0.15) is 68.8 Å². The first-order valence-corrected chi connectivity index (χ1v) is 9.97. The van der Waals surface area contributed by atoms with Crippen molar-refractivity contribution in [2.75, 3.05) is 6.61 Å². The summed E-state index contributed by atoms with van der Waals surface area (Å²) in [6.07, 6.45) is 4.88. The van der Waals surface area contributed by atoms with Gasteiger partial charge in [-0.1, -0.05) is 51.1 Å². The van der Waals surface area contributed by atoms with Crippen LogP contribution in [-0.4, -0.2) is 12.5 Å². The van der Waals surface area contributed by atoms with E-state index in [1.165, 1.54) is 41.5 Å². The van der Waals surface area contributed by atoms with Gasteiger partial charge in [-0.2, -0.15) is 0 Å². The van der Waals surface area contributed by atoms with Crippen molar-refractivity contribution in [3.8, 4) is 5.75 Å². The molecule has 1 amide bonds. The molecule has 0 fully saturated rings. The lowest BCUT2D eigenvalue weighted by atomic mass is 9.87. The van der Waals surface area contributed by atoms with Gasteiger partial charge < -0.3 is 10.1 Å². The van der Waals surface area contributed by atoms with Crippen LogP contribution in [0.2, 0.25) is 0 Å². The fourth-order valence-corrected chi connectivity index (χ4v) is 3.59. The maximum atomic E-state index is 12.3. The van der Waals surface area contributed by atoms with E-state index in [1.807, 2.05) is 19.1 Å². The molecule has 1 aliphatic rings. The molecule has 3 rings (SSSR count). The fraction of sp³-hybridized carbons (Fsp3) is 0.458. The van der Waals surface area contributed by atoms with Gasteiger partial charge in [-0.3, -0.25) is 4.79 Å². The summed E-state index contributed by atoms with van der Waals surface area (Å²) in [5.41, 5.74) is 5.43. The average molecular weight is 366 g/mol. The number of benzene rings is 2. The second-order valence-electron chi connectivity index (χ2n) is 8.59. The van der Waals surface area contributed by atoms with Crippen LogP contribution in [0.25, 0.3) is 0 Å². The minimum absolute atomic E-state index is 0.0170. The van der Waals surface area contributed by atoms with Crippen molar-refractivity contribution in [1.29, 1.82) is 0 Å². The van der Waals surface area contributed by atoms with E-state index in [0.29, 0.717) is 0 Å². The zero-order chi connectivity index (χ0) is 19.4. The first-order chi connectivity index (χ1) is 12.8. The molecule has 0 saturated carbocycles. The van der Waals surface area contributed by atoms with Gasteiger partial charge in [0.25, 0.3) is 5.91 Å². The Kier molecular flexibility index (Phi) is 5.88. The third-order valence-corrected chi connectivity index (χ3v) is 5.34. The molecule has 3 nitrogen and oxygen atoms in total. The fourth-order valence-electron chi connectivity index (χ4n) is 3.59. The summed E-state index contributed by atoms with van der Waals surface area (Å²) in [6.45, 7) is 8.60. The van der Waals surface area contributed by atoms with Crippen molar-refractivity contribution in [2.45, 2.75) is 64.8 Å². The van der Waals surface area contributed by atoms with Gasteiger partial charge in [-0.25, -0.2) is 0 Å². The predicted molar refractivity (Wildman–Crippen MR) is 110 cm³/mol. The highest BCUT2D eigenvalue weighted by Crippen LogP contribution is 2.25. The number of rotatable bonds is 5. The molecular weight excluding hydrogens is 334 g/mol. The Morgan fingerprint density at radius 2 is 1.70 bits per heavy atom. The van der Waals surface area contributed by atoms with Gasteiger partial charge in [-0.15, -0.1) is 0 Å². The maximum absolute atomic E-state index is 12.3. The van der Waals surface area contributed by atoms with Crippen LogP contribution in [0.4, 0.5) is 0 Å². The largest absolute Gasteiger partial charge is 0.484 e. The highest BCUT2D eigenvalue weighted by atomic mass is 16.5. The monoisotopic (exact) mass is 365 g/mol. The van der Waals surface area contributed by atoms with E-state index >= 15 is 0 Å². The first-order valence-electron chi connectivity index (χ1n) is 9.97. The summed E-state index contributed by atoms with van der Waals surface area (Å²) in [6, 6.07) is 14.6. The molecule has 3 heteroatoms. The number of carbonyl (C=O) groups excluding carboxylic acids is 1. The summed E-state index contributed by atoms with van der Waals surface area (Å²) in [5, 5.41) is 3.04. The molecule has 0 radical (unpaired) electrons. The molecule has 1 atom stereocenters. The van der Waals surface area contributed by atoms with Crippen molar-refractivity contribution >= 4 is 5.91 Å². The SMILES string of the molecule is C[C@H](NC(=O)COc1ccc(C(C)(C)C)cc1)c1ccc2c(c1)CCCC2. The molecule has 0 heterocycles. The molecule has 1 N–H and O–H groups in total. The van der Waals surface area contributed by atoms with Crippen LogP contribution in [0, 0.1) is 0 Å². The van der Waals surface area contributed by atoms with Crippen LogP contribution in [0.15, 0.2) is 42.5 Å². The summed E-state index contributed by atoms with van der Waals surface area (Å²) in [7, 11) is 0. The average Bonchev–Trinajstić information content (AvgIpc) is 2.65. The number of ether oxygens (including phenoxy) is 1. The standard InChI is InChI=1S/C24H31NO2/c1-17(19-10-9-18-7-5-6-8-20(18)15-19)25-23(26)16-27-22-13-11-21(12-14-22)24(2,3)4/h9-15,17H,5-8,16H2,1-4H3,(H,25,26)/t17-/m0/s1. The highest BCUT2D eigenvalue weighted by Gasteiger charge is 2.15. The van der Waals surface area contributed by atoms with E-state index in [0.717, 1.165) is 12.2 Å². The van der Waals surface area contributed by atoms with Crippen molar-refractivity contribution in [3.05, 3.63) is 64.7 Å². The van der Waals surface area contributed by atoms with Gasteiger partial charge in [0, 0.05) is 0 Å². The number of nitrogens with one attached hydrogen (secondary N) is 1. The Balaban J connectivity index is 1.53. The quantitative estimate of drug-likeness (QED) is 0.799. The molecule has 0 unspecified atom stereocenters. The maximum Gasteiger partial charge on any atom is 0.258 e. The van der Waals surface area contributed by atoms with E-state index < -0.39 is 0 Å². The summed E-state index contributed by atoms with van der Waals surface area (Å²) in [5.74, 6) is 0.625. The summed E-state index contributed by atoms with van der Waals surface area (Å²) in [4.78, 5) is 12.3. The molecule has 0 aliphatic heterocycles. The van der Waals surface area contributed by atoms with Crippen LogP contribution >= 0.6 is 0 Å². The lowest BCUT2D eigenvalue weighted by molar-refractivity contribution is -0.123. The Bertz CT molecular complexity index is 787. The molecule has 27 heavy (non-hydrogen) atoms. The van der Waals surface area contributed by atoms with Gasteiger partial charge in [-0.05, 0) is 72.4 Å². The van der Waals surface area contributed by atoms with E-state index in [2.05, 4.69) is 56.4 Å². The van der Waals surface area contributed by atoms with E-state index in [1.54, 1.807) is 0 Å². The number of hydrogen-bond donors (Lipinski definition) is 1. The number of aryl methyl sites for hydroxylation is 2. The van der Waals surface area contributed by atoms with E-state index in [-0.39, 0.29) is 24.0 Å². The highest BCUT2D eigenvalue weighted by molar-refractivity contribution is 5.78. The van der Waals surface area contributed by atoms with Gasteiger partial charge in [0.05, 0.1) is 6.04 Å². The second kappa shape index (κ2) is 8.16. The lowest BCUT2D eigenvalue weighted by Crippen LogP contribution is -2.31. The van der Waals surface area contributed by atoms with E-state index in [9.17, 15) is 4.79 Å². The zero-order valence-electron chi connectivity index (χ0n) is 17.0. The molecule has 2 aromatic carbocycles. The van der Waals surface area contributed by atoms with Crippen LogP contribution in [0.3, 0.4) is 0 Å². The van der Waals surface area contributed by atoms with Crippen LogP contribution in [0.5, 0.6) is 5.75 Å². The number of carbonyl (C=O) groups is 1.